The van der Waals surface area contributed by atoms with Crippen LogP contribution in [0.4, 0.5) is 5.69 Å². The average Bonchev–Trinajstić information content (AvgIpc) is 2.48. The van der Waals surface area contributed by atoms with Gasteiger partial charge in [0, 0.05) is 14.0 Å². The Morgan fingerprint density at radius 2 is 2.09 bits per heavy atom. The van der Waals surface area contributed by atoms with Gasteiger partial charge in [-0.3, -0.25) is 15.0 Å². The number of carbonyl (C=O) groups is 1. The van der Waals surface area contributed by atoms with Crippen LogP contribution in [0.3, 0.4) is 0 Å². The SMILES string of the molecule is CC(=O)Oc1ccc(/C=N\Nc2cnn(C)c(=O)c2Cl)cc1. The number of benzene rings is 1. The lowest BCUT2D eigenvalue weighted by Crippen LogP contribution is -2.20. The summed E-state index contributed by atoms with van der Waals surface area (Å²) in [5, 5.41) is 7.83. The molecule has 22 heavy (non-hydrogen) atoms. The molecule has 0 amide bonds. The monoisotopic (exact) mass is 320 g/mol. The fourth-order valence-corrected chi connectivity index (χ4v) is 1.77. The average molecular weight is 321 g/mol. The molecule has 2 rings (SSSR count). The molecule has 0 aliphatic heterocycles. The van der Waals surface area contributed by atoms with E-state index in [0.29, 0.717) is 11.4 Å². The Balaban J connectivity index is 2.05. The molecule has 0 aliphatic carbocycles. The number of hydrazone groups is 1. The highest BCUT2D eigenvalue weighted by Crippen LogP contribution is 2.15. The summed E-state index contributed by atoms with van der Waals surface area (Å²) in [4.78, 5) is 22.4. The summed E-state index contributed by atoms with van der Waals surface area (Å²) in [7, 11) is 1.51. The summed E-state index contributed by atoms with van der Waals surface area (Å²) in [5.41, 5.74) is 3.33. The second-order valence-corrected chi connectivity index (χ2v) is 4.71. The van der Waals surface area contributed by atoms with Crippen molar-refractivity contribution >= 4 is 29.5 Å². The molecule has 0 aliphatic rings. The molecule has 0 radical (unpaired) electrons. The Kier molecular flexibility index (Phi) is 4.90. The molecule has 0 saturated carbocycles. The van der Waals surface area contributed by atoms with Crippen LogP contribution >= 0.6 is 11.6 Å². The molecular weight excluding hydrogens is 308 g/mol. The van der Waals surface area contributed by atoms with Crippen molar-refractivity contribution in [3.8, 4) is 5.75 Å². The van der Waals surface area contributed by atoms with Crippen molar-refractivity contribution in [2.45, 2.75) is 6.92 Å². The fraction of sp³-hybridized carbons (Fsp3) is 0.143. The predicted octanol–water partition coefficient (Wildman–Crippen LogP) is 1.80. The van der Waals surface area contributed by atoms with Crippen LogP contribution in [0, 0.1) is 0 Å². The maximum Gasteiger partial charge on any atom is 0.308 e. The van der Waals surface area contributed by atoms with Crippen LogP contribution in [-0.2, 0) is 11.8 Å². The lowest BCUT2D eigenvalue weighted by atomic mass is 10.2. The van der Waals surface area contributed by atoms with Gasteiger partial charge in [-0.15, -0.1) is 0 Å². The van der Waals surface area contributed by atoms with Crippen molar-refractivity contribution in [1.82, 2.24) is 9.78 Å². The number of esters is 1. The van der Waals surface area contributed by atoms with Gasteiger partial charge in [-0.2, -0.15) is 10.2 Å². The quantitative estimate of drug-likeness (QED) is 0.402. The van der Waals surface area contributed by atoms with Crippen LogP contribution in [0.5, 0.6) is 5.75 Å². The van der Waals surface area contributed by atoms with Crippen LogP contribution in [0.15, 0.2) is 40.4 Å². The maximum absolute atomic E-state index is 11.6. The van der Waals surface area contributed by atoms with Crippen molar-refractivity contribution in [3.05, 3.63) is 51.4 Å². The summed E-state index contributed by atoms with van der Waals surface area (Å²) in [6, 6.07) is 6.76. The minimum absolute atomic E-state index is 0.0138. The van der Waals surface area contributed by atoms with Crippen LogP contribution in [0.1, 0.15) is 12.5 Å². The molecule has 0 saturated heterocycles. The number of carbonyl (C=O) groups excluding carboxylic acids is 1. The van der Waals surface area contributed by atoms with Crippen molar-refractivity contribution in [1.29, 1.82) is 0 Å². The minimum Gasteiger partial charge on any atom is -0.427 e. The molecule has 1 heterocycles. The van der Waals surface area contributed by atoms with E-state index in [0.717, 1.165) is 10.2 Å². The highest BCUT2D eigenvalue weighted by atomic mass is 35.5. The van der Waals surface area contributed by atoms with Gasteiger partial charge >= 0.3 is 5.97 Å². The summed E-state index contributed by atoms with van der Waals surface area (Å²) in [6.45, 7) is 1.33. The molecule has 114 valence electrons. The zero-order chi connectivity index (χ0) is 16.1. The summed E-state index contributed by atoms with van der Waals surface area (Å²) in [6.07, 6.45) is 2.94. The van der Waals surface area contributed by atoms with E-state index in [1.54, 1.807) is 24.3 Å². The number of ether oxygens (including phenoxy) is 1. The number of nitrogens with zero attached hydrogens (tertiary/aromatic N) is 3. The number of hydrogen-bond donors (Lipinski definition) is 1. The van der Waals surface area contributed by atoms with Gasteiger partial charge in [0.05, 0.1) is 12.4 Å². The summed E-state index contributed by atoms with van der Waals surface area (Å²) >= 11 is 5.89. The van der Waals surface area contributed by atoms with Crippen molar-refractivity contribution in [3.63, 3.8) is 0 Å². The molecular formula is C14H13ClN4O3. The molecule has 0 atom stereocenters. The van der Waals surface area contributed by atoms with Gasteiger partial charge in [0.2, 0.25) is 0 Å². The summed E-state index contributed by atoms with van der Waals surface area (Å²) < 4.78 is 6.05. The normalized spacial score (nSPS) is 10.7. The first-order valence-electron chi connectivity index (χ1n) is 6.27. The van der Waals surface area contributed by atoms with Crippen LogP contribution in [0.25, 0.3) is 0 Å². The number of anilines is 1. The first-order valence-corrected chi connectivity index (χ1v) is 6.64. The van der Waals surface area contributed by atoms with E-state index in [4.69, 9.17) is 16.3 Å². The van der Waals surface area contributed by atoms with E-state index in [1.165, 1.54) is 26.4 Å². The number of halogens is 1. The minimum atomic E-state index is -0.410. The predicted molar refractivity (Wildman–Crippen MR) is 83.5 cm³/mol. The van der Waals surface area contributed by atoms with Gasteiger partial charge in [-0.25, -0.2) is 4.68 Å². The first kappa shape index (κ1) is 15.7. The first-order chi connectivity index (χ1) is 10.5. The molecule has 0 fully saturated rings. The van der Waals surface area contributed by atoms with Crippen LogP contribution < -0.4 is 15.7 Å². The number of rotatable bonds is 4. The molecule has 1 aromatic heterocycles. The third-order valence-corrected chi connectivity index (χ3v) is 2.98. The van der Waals surface area contributed by atoms with Gasteiger partial charge in [-0.1, -0.05) is 11.6 Å². The van der Waals surface area contributed by atoms with Crippen molar-refractivity contribution in [2.75, 3.05) is 5.43 Å². The molecule has 2 aromatic rings. The van der Waals surface area contributed by atoms with E-state index in [1.807, 2.05) is 0 Å². The molecule has 8 heteroatoms. The standard InChI is InChI=1S/C14H13ClN4O3/c1-9(20)22-11-5-3-10(4-6-11)7-16-18-12-8-17-19(2)14(21)13(12)15/h3-8,18H,1-2H3/b16-7-. The van der Waals surface area contributed by atoms with Gasteiger partial charge in [0.15, 0.2) is 0 Å². The second kappa shape index (κ2) is 6.86. The van der Waals surface area contributed by atoms with Gasteiger partial charge in [-0.05, 0) is 29.8 Å². The van der Waals surface area contributed by atoms with E-state index in [9.17, 15) is 9.59 Å². The number of nitrogens with one attached hydrogen (secondary N) is 1. The highest BCUT2D eigenvalue weighted by Gasteiger charge is 2.05. The largest absolute Gasteiger partial charge is 0.427 e. The maximum atomic E-state index is 11.6. The summed E-state index contributed by atoms with van der Waals surface area (Å²) in [5.74, 6) is 0.0762. The molecule has 7 nitrogen and oxygen atoms in total. The van der Waals surface area contributed by atoms with Crippen LogP contribution in [-0.4, -0.2) is 22.0 Å². The van der Waals surface area contributed by atoms with E-state index in [2.05, 4.69) is 15.6 Å². The fourth-order valence-electron chi connectivity index (χ4n) is 1.55. The molecule has 0 spiro atoms. The highest BCUT2D eigenvalue weighted by molar-refractivity contribution is 6.32. The van der Waals surface area contributed by atoms with Crippen LogP contribution in [0.2, 0.25) is 5.02 Å². The Morgan fingerprint density at radius 3 is 2.73 bits per heavy atom. The Morgan fingerprint density at radius 1 is 1.41 bits per heavy atom. The van der Waals surface area contributed by atoms with Gasteiger partial charge in [0.25, 0.3) is 5.56 Å². The Bertz CT molecular complexity index is 769. The van der Waals surface area contributed by atoms with E-state index in [-0.39, 0.29) is 11.0 Å². The lowest BCUT2D eigenvalue weighted by Gasteiger charge is -2.03. The zero-order valence-corrected chi connectivity index (χ0v) is 12.7. The smallest absolute Gasteiger partial charge is 0.308 e. The Hall–Kier alpha value is -2.67. The molecule has 1 aromatic carbocycles. The third kappa shape index (κ3) is 3.92. The lowest BCUT2D eigenvalue weighted by molar-refractivity contribution is -0.131. The van der Waals surface area contributed by atoms with Crippen molar-refractivity contribution < 1.29 is 9.53 Å². The van der Waals surface area contributed by atoms with Gasteiger partial charge in [0.1, 0.15) is 16.5 Å². The molecule has 1 N–H and O–H groups in total. The number of hydrogen-bond acceptors (Lipinski definition) is 6. The second-order valence-electron chi connectivity index (χ2n) is 4.33. The van der Waals surface area contributed by atoms with E-state index < -0.39 is 5.56 Å². The molecule has 0 bridgehead atoms. The van der Waals surface area contributed by atoms with Gasteiger partial charge < -0.3 is 4.74 Å². The number of aryl methyl sites for hydroxylation is 1. The number of aromatic nitrogens is 2. The third-order valence-electron chi connectivity index (χ3n) is 2.62. The molecule has 0 unspecified atom stereocenters. The van der Waals surface area contributed by atoms with E-state index >= 15 is 0 Å². The van der Waals surface area contributed by atoms with Crippen molar-refractivity contribution in [2.24, 2.45) is 12.1 Å². The topological polar surface area (TPSA) is 85.6 Å². The zero-order valence-electron chi connectivity index (χ0n) is 11.9. The Labute approximate surface area is 131 Å².